The van der Waals surface area contributed by atoms with Crippen molar-refractivity contribution < 1.29 is 38.4 Å². The molecule has 0 saturated carbocycles. The maximum atomic E-state index is 16.2. The number of amides is 2. The largest absolute Gasteiger partial charge is 0.493 e. The smallest absolute Gasteiger partial charge is 0.324 e. The van der Waals surface area contributed by atoms with Crippen molar-refractivity contribution in [1.29, 1.82) is 0 Å². The minimum atomic E-state index is -1.69. The maximum Gasteiger partial charge on any atom is 0.324 e. The summed E-state index contributed by atoms with van der Waals surface area (Å²) in [5.74, 6) is 5.83. The van der Waals surface area contributed by atoms with Gasteiger partial charge in [-0.1, -0.05) is 90.7 Å². The number of esters is 1. The van der Waals surface area contributed by atoms with Gasteiger partial charge in [-0.15, -0.1) is 0 Å². The molecule has 5 aromatic rings. The number of morpholine rings is 1. The van der Waals surface area contributed by atoms with Gasteiger partial charge >= 0.3 is 5.97 Å². The van der Waals surface area contributed by atoms with Gasteiger partial charge in [-0.05, 0) is 114 Å². The van der Waals surface area contributed by atoms with Gasteiger partial charge in [0, 0.05) is 24.3 Å². The molecular weight excluding hydrogens is 819 g/mol. The van der Waals surface area contributed by atoms with E-state index < -0.39 is 47.4 Å². The molecule has 1 aliphatic carbocycles. The predicted molar refractivity (Wildman–Crippen MR) is 244 cm³/mol. The second-order valence-electron chi connectivity index (χ2n) is 17.3. The third kappa shape index (κ3) is 7.31. The zero-order valence-corrected chi connectivity index (χ0v) is 36.5. The summed E-state index contributed by atoms with van der Waals surface area (Å²) < 4.78 is 24.0. The van der Waals surface area contributed by atoms with Crippen LogP contribution in [0.5, 0.6) is 17.2 Å². The highest BCUT2D eigenvalue weighted by Gasteiger charge is 2.74. The Morgan fingerprint density at radius 3 is 2.28 bits per heavy atom. The van der Waals surface area contributed by atoms with Gasteiger partial charge in [0.1, 0.15) is 29.9 Å². The molecule has 4 aliphatic heterocycles. The van der Waals surface area contributed by atoms with Crippen molar-refractivity contribution in [2.24, 2.45) is 5.92 Å². The number of hydrogen-bond acceptors (Lipinski definition) is 9. The van der Waals surface area contributed by atoms with Crippen LogP contribution in [-0.2, 0) is 37.5 Å². The number of fused-ring (bicyclic) bond motifs is 4. The second-order valence-corrected chi connectivity index (χ2v) is 17.3. The Bertz CT molecular complexity index is 2740. The minimum Gasteiger partial charge on any atom is -0.493 e. The van der Waals surface area contributed by atoms with E-state index in [0.29, 0.717) is 52.6 Å². The molecule has 2 amide bonds. The maximum absolute atomic E-state index is 16.2. The molecule has 1 spiro atoms. The van der Waals surface area contributed by atoms with E-state index in [-0.39, 0.29) is 25.7 Å². The highest BCUT2D eigenvalue weighted by atomic mass is 16.6. The van der Waals surface area contributed by atoms with Crippen LogP contribution in [0.25, 0.3) is 0 Å². The number of anilines is 1. The first-order valence-corrected chi connectivity index (χ1v) is 22.4. The number of cyclic esters (lactones) is 1. The number of hydrogen-bond donors (Lipinski definition) is 2. The minimum absolute atomic E-state index is 0.0522. The average Bonchev–Trinajstić information content (AvgIpc) is 3.83. The molecule has 6 atom stereocenters. The van der Waals surface area contributed by atoms with E-state index in [0.717, 1.165) is 53.5 Å². The summed E-state index contributed by atoms with van der Waals surface area (Å²) in [6.45, 7) is 0.421. The van der Waals surface area contributed by atoms with Crippen LogP contribution < -0.4 is 19.5 Å². The van der Waals surface area contributed by atoms with Gasteiger partial charge in [-0.3, -0.25) is 19.3 Å². The number of allylic oxidation sites excluding steroid dienone is 2. The summed E-state index contributed by atoms with van der Waals surface area (Å²) in [5.41, 5.74) is 5.44. The molecule has 5 aromatic carbocycles. The van der Waals surface area contributed by atoms with Crippen molar-refractivity contribution in [3.63, 3.8) is 0 Å². The van der Waals surface area contributed by atoms with E-state index in [1.807, 2.05) is 109 Å². The first-order chi connectivity index (χ1) is 31.8. The molecule has 10 rings (SSSR count). The fraction of sp³-hybridized carbons (Fsp3) is 0.315. The van der Waals surface area contributed by atoms with Gasteiger partial charge in [0.2, 0.25) is 11.8 Å². The lowest BCUT2D eigenvalue weighted by Crippen LogP contribution is -2.56. The number of carbonyl (C=O) groups is 3. The number of nitrogens with one attached hydrogen (secondary N) is 1. The number of ether oxygens (including phenoxy) is 4. The molecule has 0 aromatic heterocycles. The Kier molecular flexibility index (Phi) is 11.4. The molecule has 0 radical (unpaired) electrons. The van der Waals surface area contributed by atoms with Gasteiger partial charge < -0.3 is 34.3 Å². The van der Waals surface area contributed by atoms with Crippen molar-refractivity contribution in [1.82, 2.24) is 9.80 Å². The van der Waals surface area contributed by atoms with Crippen LogP contribution in [0, 0.1) is 17.8 Å². The SMILES string of the molecule is COc1cc2c(cc1OC)CN(C(=O)C1C3C(=O)OC(c4ccccc4)C(c4ccccc4)N3C(c3cccc(OCCO)c3)C13C(=O)Nc1ccc(C#CC4=CCCCC4)cc13)CC2. The standard InChI is InChI=1S/C54H51N3O8/c1-62-44-31-38-25-26-56(33-40(38)32-45(44)63-2)51(59)46-48-52(60)65-49(37-17-10-5-11-18-37)47(36-15-8-4-9-16-36)57(48)50(39-19-12-20-41(30-39)64-28-27-58)54(46)42-29-35(23-24-43(42)55-53(54)61)22-21-34-13-6-3-7-14-34/h4-5,8-13,15-20,23-24,29-32,46-50,58H,3,6-7,14,25-28,33H2,1-2H3,(H,55,61). The van der Waals surface area contributed by atoms with Crippen molar-refractivity contribution in [2.45, 2.75) is 68.3 Å². The number of aliphatic hydroxyl groups excluding tert-OH is 1. The van der Waals surface area contributed by atoms with Gasteiger partial charge in [0.05, 0.1) is 38.8 Å². The van der Waals surface area contributed by atoms with Gasteiger partial charge in [0.25, 0.3) is 0 Å². The summed E-state index contributed by atoms with van der Waals surface area (Å²) in [6, 6.07) is 33.7. The number of nitrogens with zero attached hydrogens (tertiary/aromatic N) is 2. The molecule has 2 N–H and O–H groups in total. The van der Waals surface area contributed by atoms with E-state index >= 15 is 14.4 Å². The molecule has 11 heteroatoms. The lowest BCUT2D eigenvalue weighted by molar-refractivity contribution is -0.179. The number of carbonyl (C=O) groups excluding carboxylic acids is 3. The van der Waals surface area contributed by atoms with Crippen molar-refractivity contribution in [2.75, 3.05) is 39.3 Å². The van der Waals surface area contributed by atoms with Crippen molar-refractivity contribution in [3.8, 4) is 29.1 Å². The van der Waals surface area contributed by atoms with E-state index in [1.54, 1.807) is 25.2 Å². The van der Waals surface area contributed by atoms with Crippen molar-refractivity contribution in [3.05, 3.63) is 166 Å². The van der Waals surface area contributed by atoms with E-state index in [4.69, 9.17) is 18.9 Å². The van der Waals surface area contributed by atoms with E-state index in [9.17, 15) is 5.11 Å². The third-order valence-corrected chi connectivity index (χ3v) is 13.8. The number of aliphatic hydroxyl groups is 1. The average molecular weight is 870 g/mol. The van der Waals surface area contributed by atoms with Crippen LogP contribution in [0.3, 0.4) is 0 Å². The van der Waals surface area contributed by atoms with E-state index in [2.05, 4.69) is 28.1 Å². The Hall–Kier alpha value is -6.87. The van der Waals surface area contributed by atoms with E-state index in [1.165, 1.54) is 0 Å². The highest BCUT2D eigenvalue weighted by molar-refractivity contribution is 6.12. The van der Waals surface area contributed by atoms with Gasteiger partial charge in [0.15, 0.2) is 11.5 Å². The van der Waals surface area contributed by atoms with Gasteiger partial charge in [-0.2, -0.15) is 0 Å². The quantitative estimate of drug-likeness (QED) is 0.113. The second kappa shape index (κ2) is 17.6. The van der Waals surface area contributed by atoms with Gasteiger partial charge in [-0.25, -0.2) is 0 Å². The number of methoxy groups -OCH3 is 2. The topological polar surface area (TPSA) is 127 Å². The molecule has 0 bridgehead atoms. The first-order valence-electron chi connectivity index (χ1n) is 22.4. The molecule has 2 saturated heterocycles. The lowest BCUT2D eigenvalue weighted by Gasteiger charge is -2.46. The number of benzene rings is 5. The van der Waals surface area contributed by atoms with Crippen LogP contribution in [-0.4, -0.2) is 72.7 Å². The van der Waals surface area contributed by atoms with Crippen molar-refractivity contribution >= 4 is 23.5 Å². The highest BCUT2D eigenvalue weighted by Crippen LogP contribution is 2.65. The number of rotatable bonds is 9. The first kappa shape index (κ1) is 42.1. The third-order valence-electron chi connectivity index (χ3n) is 13.8. The zero-order valence-electron chi connectivity index (χ0n) is 36.5. The molecule has 11 nitrogen and oxygen atoms in total. The van der Waals surface area contributed by atoms with Crippen LogP contribution in [0.15, 0.2) is 127 Å². The summed E-state index contributed by atoms with van der Waals surface area (Å²) in [7, 11) is 3.18. The summed E-state index contributed by atoms with van der Waals surface area (Å²) >= 11 is 0. The molecule has 65 heavy (non-hydrogen) atoms. The molecule has 5 aliphatic rings. The van der Waals surface area contributed by atoms with Crippen LogP contribution in [0.4, 0.5) is 5.69 Å². The van der Waals surface area contributed by atoms with Crippen LogP contribution in [0.1, 0.15) is 82.8 Å². The molecule has 330 valence electrons. The molecule has 2 fully saturated rings. The Morgan fingerprint density at radius 2 is 1.55 bits per heavy atom. The van der Waals surface area contributed by atoms with Crippen LogP contribution >= 0.6 is 0 Å². The Balaban J connectivity index is 1.22. The summed E-state index contributed by atoms with van der Waals surface area (Å²) in [5, 5.41) is 13.0. The Labute approximate surface area is 379 Å². The normalized spacial score (nSPS) is 24.4. The summed E-state index contributed by atoms with van der Waals surface area (Å²) in [6.07, 6.45) is 6.04. The fourth-order valence-electron chi connectivity index (χ4n) is 11.0. The Morgan fingerprint density at radius 1 is 0.815 bits per heavy atom. The fourth-order valence-corrected chi connectivity index (χ4v) is 11.0. The summed E-state index contributed by atoms with van der Waals surface area (Å²) in [4.78, 5) is 51.2. The van der Waals surface area contributed by atoms with Crippen LogP contribution in [0.2, 0.25) is 0 Å². The lowest BCUT2D eigenvalue weighted by atomic mass is 9.64. The molecule has 4 heterocycles. The molecule has 6 unspecified atom stereocenters. The monoisotopic (exact) mass is 869 g/mol. The zero-order chi connectivity index (χ0) is 44.7. The molecular formula is C54H51N3O8. The predicted octanol–water partition coefficient (Wildman–Crippen LogP) is 7.78.